The van der Waals surface area contributed by atoms with Crippen molar-refractivity contribution in [3.05, 3.63) is 119 Å². The topological polar surface area (TPSA) is 67.9 Å². The number of thioether (sulfide) groups is 1. The number of nitrogens with one attached hydrogen (secondary N) is 1. The number of benzene rings is 4. The number of rotatable bonds is 13. The van der Waals surface area contributed by atoms with Crippen molar-refractivity contribution in [1.29, 1.82) is 0 Å². The summed E-state index contributed by atoms with van der Waals surface area (Å²) in [5.41, 5.74) is 5.64. The zero-order valence-corrected chi connectivity index (χ0v) is 26.1. The molecule has 0 aliphatic rings. The number of esters is 1. The number of anilines is 1. The summed E-state index contributed by atoms with van der Waals surface area (Å²) in [7, 11) is 1.30. The molecule has 0 saturated carbocycles. The molecule has 0 heterocycles. The molecule has 0 bridgehead atoms. The number of aryl methyl sites for hydroxylation is 1. The smallest absolute Gasteiger partial charge is 0.467 e. The highest BCUT2D eigenvalue weighted by Crippen LogP contribution is 2.30. The Bertz CT molecular complexity index is 1580. The van der Waals surface area contributed by atoms with Gasteiger partial charge in [-0.2, -0.15) is 11.8 Å². The van der Waals surface area contributed by atoms with Crippen molar-refractivity contribution in [3.8, 4) is 16.9 Å². The predicted octanol–water partition coefficient (Wildman–Crippen LogP) is 7.79. The van der Waals surface area contributed by atoms with Gasteiger partial charge >= 0.3 is 12.3 Å². The maximum atomic E-state index is 13.6. The van der Waals surface area contributed by atoms with Crippen LogP contribution in [-0.2, 0) is 22.6 Å². The summed E-state index contributed by atoms with van der Waals surface area (Å²) < 4.78 is 46.9. The minimum absolute atomic E-state index is 0.280. The van der Waals surface area contributed by atoms with E-state index in [1.165, 1.54) is 19.2 Å². The monoisotopic (exact) mass is 636 g/mol. The molecule has 0 aromatic heterocycles. The van der Waals surface area contributed by atoms with Crippen molar-refractivity contribution in [3.63, 3.8) is 0 Å². The van der Waals surface area contributed by atoms with Crippen LogP contribution in [0, 0.1) is 6.92 Å². The number of para-hydroxylation sites is 1. The summed E-state index contributed by atoms with van der Waals surface area (Å²) in [6, 6.07) is 28.1. The molecule has 0 fully saturated rings. The molecule has 10 heteroatoms. The van der Waals surface area contributed by atoms with Crippen molar-refractivity contribution >= 4 is 29.3 Å². The number of ether oxygens (including phenoxy) is 2. The Kier molecular flexibility index (Phi) is 11.5. The average molecular weight is 637 g/mol. The zero-order chi connectivity index (χ0) is 32.4. The summed E-state index contributed by atoms with van der Waals surface area (Å²) in [5.74, 6) is -0.477. The summed E-state index contributed by atoms with van der Waals surface area (Å²) in [6.45, 7) is 2.83. The van der Waals surface area contributed by atoms with Crippen molar-refractivity contribution in [2.24, 2.45) is 0 Å². The molecule has 0 spiro atoms. The van der Waals surface area contributed by atoms with Crippen molar-refractivity contribution in [2.75, 3.05) is 24.0 Å². The van der Waals surface area contributed by atoms with Gasteiger partial charge < -0.3 is 19.7 Å². The molecule has 1 amide bonds. The van der Waals surface area contributed by atoms with Gasteiger partial charge in [-0.1, -0.05) is 60.7 Å². The van der Waals surface area contributed by atoms with Gasteiger partial charge in [0.05, 0.1) is 7.11 Å². The summed E-state index contributed by atoms with van der Waals surface area (Å²) >= 11 is 1.58. The normalized spacial score (nSPS) is 11.9. The second-order valence-electron chi connectivity index (χ2n) is 10.4. The molecule has 236 valence electrons. The number of hydrogen-bond donors (Lipinski definition) is 1. The van der Waals surface area contributed by atoms with E-state index < -0.39 is 18.4 Å². The molecule has 4 aromatic carbocycles. The molecule has 0 aliphatic carbocycles. The van der Waals surface area contributed by atoms with Gasteiger partial charge in [-0.15, -0.1) is 13.2 Å². The lowest BCUT2D eigenvalue weighted by Crippen LogP contribution is -2.42. The van der Waals surface area contributed by atoms with Crippen LogP contribution in [0.4, 0.5) is 18.9 Å². The molecule has 4 rings (SSSR count). The van der Waals surface area contributed by atoms with Crippen LogP contribution in [0.1, 0.15) is 33.5 Å². The van der Waals surface area contributed by atoms with Crippen LogP contribution in [0.3, 0.4) is 0 Å². The number of carbonyl (C=O) groups is 2. The molecule has 0 saturated heterocycles. The van der Waals surface area contributed by atoms with Crippen molar-refractivity contribution in [1.82, 2.24) is 5.32 Å². The van der Waals surface area contributed by atoms with Crippen molar-refractivity contribution in [2.45, 2.75) is 38.8 Å². The van der Waals surface area contributed by atoms with Gasteiger partial charge in [0.2, 0.25) is 0 Å². The number of hydrogen-bond acceptors (Lipinski definition) is 6. The predicted molar refractivity (Wildman–Crippen MR) is 172 cm³/mol. The van der Waals surface area contributed by atoms with Crippen LogP contribution in [0.25, 0.3) is 11.1 Å². The van der Waals surface area contributed by atoms with Crippen LogP contribution in [0.2, 0.25) is 0 Å². The highest BCUT2D eigenvalue weighted by atomic mass is 32.2. The third kappa shape index (κ3) is 9.52. The Balaban J connectivity index is 1.67. The fourth-order valence-corrected chi connectivity index (χ4v) is 5.43. The van der Waals surface area contributed by atoms with Gasteiger partial charge in [0.1, 0.15) is 11.8 Å². The maximum absolute atomic E-state index is 13.6. The Morgan fingerprint density at radius 2 is 1.51 bits per heavy atom. The van der Waals surface area contributed by atoms with Crippen LogP contribution < -0.4 is 15.0 Å². The Labute approximate surface area is 265 Å². The van der Waals surface area contributed by atoms with Crippen molar-refractivity contribution < 1.29 is 32.2 Å². The molecular weight excluding hydrogens is 601 g/mol. The molecule has 1 atom stereocenters. The van der Waals surface area contributed by atoms with Gasteiger partial charge in [0.25, 0.3) is 5.91 Å². The first-order chi connectivity index (χ1) is 21.6. The van der Waals surface area contributed by atoms with E-state index in [0.717, 1.165) is 33.5 Å². The maximum Gasteiger partial charge on any atom is 0.573 e. The van der Waals surface area contributed by atoms with Gasteiger partial charge in [-0.05, 0) is 89.6 Å². The first-order valence-electron chi connectivity index (χ1n) is 14.3. The number of halogens is 3. The van der Waals surface area contributed by atoms with Crippen LogP contribution in [0.15, 0.2) is 97.1 Å². The number of methoxy groups -OCH3 is 1. The van der Waals surface area contributed by atoms with E-state index in [1.807, 2.05) is 79.9 Å². The van der Waals surface area contributed by atoms with Gasteiger partial charge in [0, 0.05) is 24.3 Å². The number of alkyl halides is 3. The van der Waals surface area contributed by atoms with Crippen LogP contribution in [-0.4, -0.2) is 43.4 Å². The van der Waals surface area contributed by atoms with Gasteiger partial charge in [-0.3, -0.25) is 4.79 Å². The second kappa shape index (κ2) is 15.5. The molecule has 1 N–H and O–H groups in total. The summed E-state index contributed by atoms with van der Waals surface area (Å²) in [4.78, 5) is 28.2. The molecule has 0 aliphatic heterocycles. The zero-order valence-electron chi connectivity index (χ0n) is 25.3. The molecular formula is C35H35F3N2O4S. The molecule has 0 radical (unpaired) electrons. The first-order valence-corrected chi connectivity index (χ1v) is 15.7. The standard InChI is InChI=1S/C35H35F3N2O4S/c1-24-9-7-8-12-29(24)31-21-26(15-18-30(31)33(41)39-32(19-20-45-3)34(42)43-2)23-40(27-10-5-4-6-11-27)22-25-13-16-28(17-14-25)44-35(36,37)38/h4-18,21,32H,19-20,22-23H2,1-3H3,(H,39,41). The Morgan fingerprint density at radius 3 is 2.16 bits per heavy atom. The summed E-state index contributed by atoms with van der Waals surface area (Å²) in [5, 5.41) is 2.87. The first kappa shape index (κ1) is 33.5. The highest BCUT2D eigenvalue weighted by Gasteiger charge is 2.31. The number of carbonyl (C=O) groups excluding carboxylic acids is 2. The third-order valence-corrected chi connectivity index (χ3v) is 7.83. The fraction of sp³-hybridized carbons (Fsp3) is 0.257. The minimum Gasteiger partial charge on any atom is -0.467 e. The van der Waals surface area contributed by atoms with E-state index in [2.05, 4.69) is 15.0 Å². The lowest BCUT2D eigenvalue weighted by molar-refractivity contribution is -0.274. The van der Waals surface area contributed by atoms with E-state index in [4.69, 9.17) is 4.74 Å². The quantitative estimate of drug-likeness (QED) is 0.151. The highest BCUT2D eigenvalue weighted by molar-refractivity contribution is 7.98. The lowest BCUT2D eigenvalue weighted by atomic mass is 9.93. The number of nitrogens with zero attached hydrogens (tertiary/aromatic N) is 1. The molecule has 45 heavy (non-hydrogen) atoms. The molecule has 1 unspecified atom stereocenters. The van der Waals surface area contributed by atoms with E-state index in [-0.39, 0.29) is 11.7 Å². The Morgan fingerprint density at radius 1 is 0.867 bits per heavy atom. The largest absolute Gasteiger partial charge is 0.573 e. The van der Waals surface area contributed by atoms with Crippen LogP contribution in [0.5, 0.6) is 5.75 Å². The van der Waals surface area contributed by atoms with Gasteiger partial charge in [-0.25, -0.2) is 4.79 Å². The van der Waals surface area contributed by atoms with Crippen LogP contribution >= 0.6 is 11.8 Å². The molecule has 4 aromatic rings. The van der Waals surface area contributed by atoms with E-state index in [1.54, 1.807) is 30.0 Å². The van der Waals surface area contributed by atoms with E-state index >= 15 is 0 Å². The number of amides is 1. The Hall–Kier alpha value is -4.44. The second-order valence-corrected chi connectivity index (χ2v) is 11.4. The fourth-order valence-electron chi connectivity index (χ4n) is 4.96. The summed E-state index contributed by atoms with van der Waals surface area (Å²) in [6.07, 6.45) is -2.39. The third-order valence-electron chi connectivity index (χ3n) is 7.19. The van der Waals surface area contributed by atoms with E-state index in [0.29, 0.717) is 30.8 Å². The average Bonchev–Trinajstić information content (AvgIpc) is 3.03. The SMILES string of the molecule is COC(=O)C(CCSC)NC(=O)c1ccc(CN(Cc2ccc(OC(F)(F)F)cc2)c2ccccc2)cc1-c1ccccc1C. The van der Waals surface area contributed by atoms with Gasteiger partial charge in [0.15, 0.2) is 0 Å². The lowest BCUT2D eigenvalue weighted by Gasteiger charge is -2.26. The minimum atomic E-state index is -4.76. The molecule has 6 nitrogen and oxygen atoms in total. The van der Waals surface area contributed by atoms with E-state index in [9.17, 15) is 22.8 Å².